The Morgan fingerprint density at radius 1 is 1.05 bits per heavy atom. The van der Waals surface area contributed by atoms with Crippen molar-refractivity contribution in [1.29, 1.82) is 0 Å². The van der Waals surface area contributed by atoms with E-state index in [4.69, 9.17) is 0 Å². The van der Waals surface area contributed by atoms with E-state index in [9.17, 15) is 0 Å². The normalized spacial score (nSPS) is 25.1. The van der Waals surface area contributed by atoms with Gasteiger partial charge < -0.3 is 4.90 Å². The summed E-state index contributed by atoms with van der Waals surface area (Å²) in [6, 6.07) is 8.67. The van der Waals surface area contributed by atoms with Gasteiger partial charge in [-0.1, -0.05) is 17.7 Å². The molecule has 1 heterocycles. The average molecular weight is 260 g/mol. The van der Waals surface area contributed by atoms with Crippen molar-refractivity contribution in [2.24, 2.45) is 0 Å². The molecule has 2 atom stereocenters. The summed E-state index contributed by atoms with van der Waals surface area (Å²) in [6.07, 6.45) is 0. The Bertz CT molecular complexity index is 427. The summed E-state index contributed by atoms with van der Waals surface area (Å²) in [5.41, 5.74) is 4.16. The quantitative estimate of drug-likeness (QED) is 0.801. The van der Waals surface area contributed by atoms with E-state index >= 15 is 0 Å². The maximum Gasteiger partial charge on any atom is 0.0397 e. The minimum absolute atomic E-state index is 0.615. The van der Waals surface area contributed by atoms with E-state index < -0.39 is 0 Å². The lowest BCUT2D eigenvalue weighted by molar-refractivity contribution is 0.0954. The van der Waals surface area contributed by atoms with Crippen LogP contribution >= 0.6 is 0 Å². The first kappa shape index (κ1) is 14.4. The second-order valence-electron chi connectivity index (χ2n) is 6.43. The van der Waals surface area contributed by atoms with E-state index in [0.717, 1.165) is 13.1 Å². The van der Waals surface area contributed by atoms with E-state index in [0.29, 0.717) is 18.1 Å². The van der Waals surface area contributed by atoms with Crippen LogP contribution in [0.1, 0.15) is 38.8 Å². The van der Waals surface area contributed by atoms with Crippen LogP contribution in [0.25, 0.3) is 0 Å². The molecule has 2 heteroatoms. The first-order chi connectivity index (χ1) is 8.90. The summed E-state index contributed by atoms with van der Waals surface area (Å²) < 4.78 is 0. The van der Waals surface area contributed by atoms with E-state index in [1.165, 1.54) is 16.8 Å². The van der Waals surface area contributed by atoms with Gasteiger partial charge >= 0.3 is 0 Å². The van der Waals surface area contributed by atoms with Gasteiger partial charge in [0.05, 0.1) is 0 Å². The molecular weight excluding hydrogens is 232 g/mol. The molecule has 0 saturated carbocycles. The predicted octanol–water partition coefficient (Wildman–Crippen LogP) is 3.61. The van der Waals surface area contributed by atoms with Crippen LogP contribution in [-0.4, -0.2) is 36.1 Å². The largest absolute Gasteiger partial charge is 0.368 e. The zero-order valence-corrected chi connectivity index (χ0v) is 13.3. The monoisotopic (exact) mass is 260 g/mol. The molecule has 1 saturated heterocycles. The molecule has 0 bridgehead atoms. The van der Waals surface area contributed by atoms with Crippen LogP contribution in [0.5, 0.6) is 0 Å². The van der Waals surface area contributed by atoms with Crippen molar-refractivity contribution in [2.45, 2.75) is 59.7 Å². The first-order valence-corrected chi connectivity index (χ1v) is 7.49. The molecule has 2 rings (SSSR count). The van der Waals surface area contributed by atoms with Crippen molar-refractivity contribution >= 4 is 5.69 Å². The van der Waals surface area contributed by atoms with Gasteiger partial charge in [-0.15, -0.1) is 0 Å². The number of rotatable bonds is 2. The van der Waals surface area contributed by atoms with Gasteiger partial charge in [-0.25, -0.2) is 0 Å². The van der Waals surface area contributed by atoms with Crippen LogP contribution < -0.4 is 4.90 Å². The van der Waals surface area contributed by atoms with Gasteiger partial charge in [0.1, 0.15) is 0 Å². The van der Waals surface area contributed by atoms with Crippen LogP contribution in [0.3, 0.4) is 0 Å². The lowest BCUT2D eigenvalue weighted by Gasteiger charge is -2.47. The molecule has 0 N–H and O–H groups in total. The number of nitrogens with zero attached hydrogens (tertiary/aromatic N) is 2. The third kappa shape index (κ3) is 2.94. The zero-order valence-electron chi connectivity index (χ0n) is 13.3. The Hall–Kier alpha value is -1.02. The molecule has 1 aliphatic heterocycles. The van der Waals surface area contributed by atoms with Crippen molar-refractivity contribution in [3.63, 3.8) is 0 Å². The number of aryl methyl sites for hydroxylation is 2. The Kier molecular flexibility index (Phi) is 4.19. The van der Waals surface area contributed by atoms with Gasteiger partial charge in [-0.05, 0) is 53.2 Å². The SMILES string of the molecule is Cc1ccc(N2C[C@@H](C)N(C(C)C)[C@@H](C)C2)c(C)c1. The molecule has 2 nitrogen and oxygen atoms in total. The third-order valence-electron chi connectivity index (χ3n) is 4.28. The predicted molar refractivity (Wildman–Crippen MR) is 84.0 cm³/mol. The molecule has 0 amide bonds. The summed E-state index contributed by atoms with van der Waals surface area (Å²) in [7, 11) is 0. The second kappa shape index (κ2) is 5.54. The van der Waals surface area contributed by atoms with Crippen molar-refractivity contribution < 1.29 is 0 Å². The van der Waals surface area contributed by atoms with Gasteiger partial charge in [0.25, 0.3) is 0 Å². The highest BCUT2D eigenvalue weighted by molar-refractivity contribution is 5.55. The third-order valence-corrected chi connectivity index (χ3v) is 4.28. The Labute approximate surface area is 118 Å². The molecule has 0 radical (unpaired) electrons. The molecule has 1 fully saturated rings. The fourth-order valence-corrected chi connectivity index (χ4v) is 3.71. The van der Waals surface area contributed by atoms with Crippen LogP contribution in [0, 0.1) is 13.8 Å². The summed E-state index contributed by atoms with van der Waals surface area (Å²) in [4.78, 5) is 5.20. The maximum absolute atomic E-state index is 2.64. The van der Waals surface area contributed by atoms with Crippen LogP contribution in [-0.2, 0) is 0 Å². The molecule has 0 unspecified atom stereocenters. The molecule has 19 heavy (non-hydrogen) atoms. The number of hydrogen-bond acceptors (Lipinski definition) is 2. The fourth-order valence-electron chi connectivity index (χ4n) is 3.71. The fraction of sp³-hybridized carbons (Fsp3) is 0.647. The molecule has 1 aliphatic rings. The lowest BCUT2D eigenvalue weighted by atomic mass is 10.0. The standard InChI is InChI=1S/C17H28N2/c1-12(2)19-15(5)10-18(11-16(19)6)17-8-7-13(3)9-14(17)4/h7-9,12,15-16H,10-11H2,1-6H3/t15-,16+. The number of anilines is 1. The molecule has 1 aromatic carbocycles. The zero-order chi connectivity index (χ0) is 14.2. The number of hydrogen-bond donors (Lipinski definition) is 0. The Morgan fingerprint density at radius 3 is 2.11 bits per heavy atom. The van der Waals surface area contributed by atoms with Gasteiger partial charge in [0.15, 0.2) is 0 Å². The van der Waals surface area contributed by atoms with Crippen LogP contribution in [0.4, 0.5) is 5.69 Å². The van der Waals surface area contributed by atoms with Crippen LogP contribution in [0.2, 0.25) is 0 Å². The summed E-state index contributed by atoms with van der Waals surface area (Å²) in [6.45, 7) is 16.0. The molecule has 0 aliphatic carbocycles. The smallest absolute Gasteiger partial charge is 0.0397 e. The molecule has 0 aromatic heterocycles. The summed E-state index contributed by atoms with van der Waals surface area (Å²) in [5, 5.41) is 0. The van der Waals surface area contributed by atoms with Gasteiger partial charge in [0, 0.05) is 36.9 Å². The van der Waals surface area contributed by atoms with E-state index in [1.807, 2.05) is 0 Å². The Morgan fingerprint density at radius 2 is 1.63 bits per heavy atom. The van der Waals surface area contributed by atoms with Crippen LogP contribution in [0.15, 0.2) is 18.2 Å². The first-order valence-electron chi connectivity index (χ1n) is 7.49. The van der Waals surface area contributed by atoms with Crippen molar-refractivity contribution in [3.05, 3.63) is 29.3 Å². The summed E-state index contributed by atoms with van der Waals surface area (Å²) in [5.74, 6) is 0. The van der Waals surface area contributed by atoms with Crippen molar-refractivity contribution in [2.75, 3.05) is 18.0 Å². The van der Waals surface area contributed by atoms with E-state index in [2.05, 4.69) is 69.5 Å². The van der Waals surface area contributed by atoms with E-state index in [-0.39, 0.29) is 0 Å². The lowest BCUT2D eigenvalue weighted by Crippen LogP contribution is -2.59. The second-order valence-corrected chi connectivity index (χ2v) is 6.43. The maximum atomic E-state index is 2.64. The minimum Gasteiger partial charge on any atom is -0.368 e. The Balaban J connectivity index is 2.20. The highest BCUT2D eigenvalue weighted by atomic mass is 15.3. The van der Waals surface area contributed by atoms with E-state index in [1.54, 1.807) is 0 Å². The number of piperazine rings is 1. The molecule has 0 spiro atoms. The van der Waals surface area contributed by atoms with Gasteiger partial charge in [-0.3, -0.25) is 4.90 Å². The molecular formula is C17H28N2. The highest BCUT2D eigenvalue weighted by Gasteiger charge is 2.31. The molecule has 106 valence electrons. The number of benzene rings is 1. The van der Waals surface area contributed by atoms with Gasteiger partial charge in [0.2, 0.25) is 0 Å². The minimum atomic E-state index is 0.615. The highest BCUT2D eigenvalue weighted by Crippen LogP contribution is 2.27. The van der Waals surface area contributed by atoms with Crippen molar-refractivity contribution in [1.82, 2.24) is 4.90 Å². The molecule has 1 aromatic rings. The van der Waals surface area contributed by atoms with Gasteiger partial charge in [-0.2, -0.15) is 0 Å². The summed E-state index contributed by atoms with van der Waals surface area (Å²) >= 11 is 0. The van der Waals surface area contributed by atoms with Crippen molar-refractivity contribution in [3.8, 4) is 0 Å². The topological polar surface area (TPSA) is 6.48 Å². The average Bonchev–Trinajstić information content (AvgIpc) is 2.26.